The molecule has 24 heavy (non-hydrogen) atoms. The summed E-state index contributed by atoms with van der Waals surface area (Å²) in [5.74, 6) is -1.54. The van der Waals surface area contributed by atoms with Crippen LogP contribution in [0, 0.1) is 0 Å². The topological polar surface area (TPSA) is 92.4 Å². The number of carbonyl (C=O) groups is 2. The molecular weight excluding hydrogens is 328 g/mol. The summed E-state index contributed by atoms with van der Waals surface area (Å²) in [6, 6.07) is 16.8. The molecule has 0 aliphatic heterocycles. The Bertz CT molecular complexity index is 650. The molecule has 0 heterocycles. The Balaban J connectivity index is 0.00000288. The van der Waals surface area contributed by atoms with Crippen molar-refractivity contribution in [2.75, 3.05) is 0 Å². The second-order valence-electron chi connectivity index (χ2n) is 5.39. The number of carboxylic acids is 1. The van der Waals surface area contributed by atoms with E-state index < -0.39 is 24.0 Å². The first kappa shape index (κ1) is 19.7. The summed E-state index contributed by atoms with van der Waals surface area (Å²) in [6.45, 7) is 0. The molecule has 0 spiro atoms. The van der Waals surface area contributed by atoms with Crippen molar-refractivity contribution >= 4 is 24.3 Å². The fourth-order valence-corrected chi connectivity index (χ4v) is 2.29. The van der Waals surface area contributed by atoms with Gasteiger partial charge in [0.1, 0.15) is 6.04 Å². The molecule has 128 valence electrons. The second-order valence-corrected chi connectivity index (χ2v) is 5.39. The van der Waals surface area contributed by atoms with Gasteiger partial charge in [-0.1, -0.05) is 60.7 Å². The van der Waals surface area contributed by atoms with Crippen molar-refractivity contribution in [1.29, 1.82) is 0 Å². The van der Waals surface area contributed by atoms with Crippen LogP contribution in [0.5, 0.6) is 0 Å². The highest BCUT2D eigenvalue weighted by molar-refractivity contribution is 5.87. The Hall–Kier alpha value is -2.37. The van der Waals surface area contributed by atoms with Gasteiger partial charge in [-0.3, -0.25) is 4.79 Å². The molecule has 2 aromatic rings. The summed E-state index contributed by atoms with van der Waals surface area (Å²) in [5.41, 5.74) is 7.67. The number of nitrogens with one attached hydrogen (secondary N) is 1. The molecule has 0 saturated heterocycles. The van der Waals surface area contributed by atoms with Crippen LogP contribution in [0.3, 0.4) is 0 Å². The number of halogens is 1. The van der Waals surface area contributed by atoms with E-state index in [1.165, 1.54) is 0 Å². The quantitative estimate of drug-likeness (QED) is 0.711. The van der Waals surface area contributed by atoms with Crippen molar-refractivity contribution in [1.82, 2.24) is 5.32 Å². The molecule has 0 aliphatic rings. The molecule has 0 unspecified atom stereocenters. The van der Waals surface area contributed by atoms with Crippen molar-refractivity contribution in [3.8, 4) is 0 Å². The smallest absolute Gasteiger partial charge is 0.326 e. The van der Waals surface area contributed by atoms with E-state index in [1.54, 1.807) is 0 Å². The number of carbonyl (C=O) groups excluding carboxylic acids is 1. The first-order valence-electron chi connectivity index (χ1n) is 7.43. The van der Waals surface area contributed by atoms with Crippen molar-refractivity contribution in [3.05, 3.63) is 71.8 Å². The molecular formula is C18H21ClN2O3. The molecule has 2 aromatic carbocycles. The van der Waals surface area contributed by atoms with Crippen molar-refractivity contribution in [2.24, 2.45) is 5.73 Å². The highest BCUT2D eigenvalue weighted by Gasteiger charge is 2.23. The lowest BCUT2D eigenvalue weighted by Gasteiger charge is -2.18. The van der Waals surface area contributed by atoms with Crippen molar-refractivity contribution < 1.29 is 14.7 Å². The van der Waals surface area contributed by atoms with E-state index in [0.29, 0.717) is 6.42 Å². The third-order valence-electron chi connectivity index (χ3n) is 3.53. The minimum Gasteiger partial charge on any atom is -0.480 e. The van der Waals surface area contributed by atoms with E-state index in [-0.39, 0.29) is 18.8 Å². The maximum atomic E-state index is 12.2. The number of aliphatic carboxylic acids is 1. The zero-order valence-corrected chi connectivity index (χ0v) is 13.9. The summed E-state index contributed by atoms with van der Waals surface area (Å²) >= 11 is 0. The minimum atomic E-state index is -1.07. The number of amides is 1. The molecule has 0 fully saturated rings. The van der Waals surface area contributed by atoms with Gasteiger partial charge in [-0.2, -0.15) is 0 Å². The maximum Gasteiger partial charge on any atom is 0.326 e. The number of hydrogen-bond acceptors (Lipinski definition) is 3. The monoisotopic (exact) mass is 348 g/mol. The summed E-state index contributed by atoms with van der Waals surface area (Å²) in [4.78, 5) is 23.5. The minimum absolute atomic E-state index is 0. The van der Waals surface area contributed by atoms with Crippen LogP contribution in [0.25, 0.3) is 0 Å². The lowest BCUT2D eigenvalue weighted by molar-refractivity contribution is -0.141. The highest BCUT2D eigenvalue weighted by Crippen LogP contribution is 2.05. The van der Waals surface area contributed by atoms with Crippen LogP contribution in [-0.4, -0.2) is 29.1 Å². The number of benzene rings is 2. The number of carboxylic acid groups (broad SMARTS) is 1. The van der Waals surface area contributed by atoms with E-state index in [1.807, 2.05) is 60.7 Å². The molecule has 0 bridgehead atoms. The van der Waals surface area contributed by atoms with Gasteiger partial charge < -0.3 is 16.2 Å². The van der Waals surface area contributed by atoms with Crippen LogP contribution >= 0.6 is 12.4 Å². The molecule has 4 N–H and O–H groups in total. The molecule has 2 atom stereocenters. The normalized spacial score (nSPS) is 12.5. The Kier molecular flexibility index (Phi) is 7.95. The third kappa shape index (κ3) is 6.02. The molecule has 0 saturated carbocycles. The van der Waals surface area contributed by atoms with Gasteiger partial charge in [0, 0.05) is 6.42 Å². The fraction of sp³-hybridized carbons (Fsp3) is 0.222. The number of rotatable bonds is 7. The standard InChI is InChI=1S/C18H20N2O3.ClH/c19-15(11-13-7-3-1-4-8-13)17(21)20-16(18(22)23)12-14-9-5-2-6-10-14;/h1-10,15-16H,11-12,19H2,(H,20,21)(H,22,23);1H/t15-,16+;/m0./s1. The molecule has 0 aromatic heterocycles. The average molecular weight is 349 g/mol. The first-order valence-corrected chi connectivity index (χ1v) is 7.43. The maximum absolute atomic E-state index is 12.2. The van der Waals surface area contributed by atoms with Gasteiger partial charge in [0.05, 0.1) is 6.04 Å². The van der Waals surface area contributed by atoms with E-state index >= 15 is 0 Å². The molecule has 1 amide bonds. The van der Waals surface area contributed by atoms with Gasteiger partial charge in [0.2, 0.25) is 5.91 Å². The SMILES string of the molecule is Cl.N[C@@H](Cc1ccccc1)C(=O)N[C@H](Cc1ccccc1)C(=O)O. The van der Waals surface area contributed by atoms with Gasteiger partial charge in [-0.15, -0.1) is 12.4 Å². The van der Waals surface area contributed by atoms with Crippen LogP contribution < -0.4 is 11.1 Å². The van der Waals surface area contributed by atoms with Crippen LogP contribution in [0.2, 0.25) is 0 Å². The van der Waals surface area contributed by atoms with Gasteiger partial charge in [0.25, 0.3) is 0 Å². The van der Waals surface area contributed by atoms with Gasteiger partial charge in [0.15, 0.2) is 0 Å². The average Bonchev–Trinajstić information content (AvgIpc) is 2.56. The predicted molar refractivity (Wildman–Crippen MR) is 95.1 cm³/mol. The van der Waals surface area contributed by atoms with E-state index in [2.05, 4.69) is 5.32 Å². The number of hydrogen-bond donors (Lipinski definition) is 3. The van der Waals surface area contributed by atoms with Gasteiger partial charge in [-0.05, 0) is 17.5 Å². The summed E-state index contributed by atoms with van der Waals surface area (Å²) in [7, 11) is 0. The summed E-state index contributed by atoms with van der Waals surface area (Å²) in [6.07, 6.45) is 0.588. The van der Waals surface area contributed by atoms with Crippen LogP contribution in [0.4, 0.5) is 0 Å². The third-order valence-corrected chi connectivity index (χ3v) is 3.53. The highest BCUT2D eigenvalue weighted by atomic mass is 35.5. The fourth-order valence-electron chi connectivity index (χ4n) is 2.29. The molecule has 0 aliphatic carbocycles. The summed E-state index contributed by atoms with van der Waals surface area (Å²) in [5, 5.41) is 11.8. The lowest BCUT2D eigenvalue weighted by Crippen LogP contribution is -2.50. The second kappa shape index (κ2) is 9.70. The van der Waals surface area contributed by atoms with Gasteiger partial charge in [-0.25, -0.2) is 4.79 Å². The Morgan fingerprint density at radius 3 is 1.83 bits per heavy atom. The van der Waals surface area contributed by atoms with Gasteiger partial charge >= 0.3 is 5.97 Å². The molecule has 2 rings (SSSR count). The molecule has 0 radical (unpaired) electrons. The Morgan fingerprint density at radius 2 is 1.38 bits per heavy atom. The van der Waals surface area contributed by atoms with Crippen molar-refractivity contribution in [3.63, 3.8) is 0 Å². The largest absolute Gasteiger partial charge is 0.480 e. The summed E-state index contributed by atoms with van der Waals surface area (Å²) < 4.78 is 0. The Labute approximate surface area is 147 Å². The Morgan fingerprint density at radius 1 is 0.917 bits per heavy atom. The lowest BCUT2D eigenvalue weighted by atomic mass is 10.0. The zero-order chi connectivity index (χ0) is 16.7. The zero-order valence-electron chi connectivity index (χ0n) is 13.1. The molecule has 5 nitrogen and oxygen atoms in total. The van der Waals surface area contributed by atoms with E-state index in [4.69, 9.17) is 5.73 Å². The van der Waals surface area contributed by atoms with E-state index in [0.717, 1.165) is 11.1 Å². The van der Waals surface area contributed by atoms with Crippen LogP contribution in [0.15, 0.2) is 60.7 Å². The first-order chi connectivity index (χ1) is 11.1. The predicted octanol–water partition coefficient (Wildman–Crippen LogP) is 1.79. The molecule has 6 heteroatoms. The van der Waals surface area contributed by atoms with Crippen molar-refractivity contribution in [2.45, 2.75) is 24.9 Å². The van der Waals surface area contributed by atoms with E-state index in [9.17, 15) is 14.7 Å². The van der Waals surface area contributed by atoms with Crippen LogP contribution in [-0.2, 0) is 22.4 Å². The number of nitrogens with two attached hydrogens (primary N) is 1. The van der Waals surface area contributed by atoms with Crippen LogP contribution in [0.1, 0.15) is 11.1 Å².